The molecule has 3 aromatic carbocycles. The maximum absolute atomic E-state index is 12.3. The number of hydrogen-bond donors (Lipinski definition) is 2. The molecule has 4 rings (SSSR count). The summed E-state index contributed by atoms with van der Waals surface area (Å²) in [5, 5.41) is 11.0. The van der Waals surface area contributed by atoms with E-state index in [-0.39, 0.29) is 5.91 Å². The molecule has 0 aliphatic rings. The van der Waals surface area contributed by atoms with E-state index >= 15 is 0 Å². The van der Waals surface area contributed by atoms with Crippen LogP contribution in [0.3, 0.4) is 0 Å². The van der Waals surface area contributed by atoms with E-state index in [1.807, 2.05) is 72.8 Å². The number of hydrogen-bond acceptors (Lipinski definition) is 3. The molecule has 0 fully saturated rings. The molecule has 0 atom stereocenters. The summed E-state index contributed by atoms with van der Waals surface area (Å²) < 4.78 is 5.29. The number of H-pyrrole nitrogens is 1. The van der Waals surface area contributed by atoms with Crippen LogP contribution in [0, 0.1) is 0 Å². The molecule has 1 amide bonds. The topological polar surface area (TPSA) is 67.0 Å². The van der Waals surface area contributed by atoms with E-state index in [1.165, 1.54) is 0 Å². The molecule has 1 aromatic heterocycles. The average molecular weight is 357 g/mol. The zero-order valence-corrected chi connectivity index (χ0v) is 14.9. The second-order valence-electron chi connectivity index (χ2n) is 6.28. The molecule has 1 heterocycles. The van der Waals surface area contributed by atoms with Gasteiger partial charge in [0.25, 0.3) is 0 Å². The van der Waals surface area contributed by atoms with E-state index in [2.05, 4.69) is 15.5 Å². The van der Waals surface area contributed by atoms with Crippen molar-refractivity contribution >= 4 is 22.6 Å². The molecule has 134 valence electrons. The van der Waals surface area contributed by atoms with Crippen molar-refractivity contribution in [2.24, 2.45) is 0 Å². The van der Waals surface area contributed by atoms with Crippen molar-refractivity contribution in [1.29, 1.82) is 0 Å². The Kier molecular flexibility index (Phi) is 4.58. The SMILES string of the molecule is COc1cccc(-c2ccc3c(NC(=O)Cc4ccccc4)n[nH]c3c2)c1. The molecule has 27 heavy (non-hydrogen) atoms. The third-order valence-electron chi connectivity index (χ3n) is 4.43. The Balaban J connectivity index is 1.56. The summed E-state index contributed by atoms with van der Waals surface area (Å²) in [6, 6.07) is 23.5. The van der Waals surface area contributed by atoms with E-state index < -0.39 is 0 Å². The molecule has 0 bridgehead atoms. The fraction of sp³-hybridized carbons (Fsp3) is 0.0909. The summed E-state index contributed by atoms with van der Waals surface area (Å²) in [5.41, 5.74) is 3.94. The summed E-state index contributed by atoms with van der Waals surface area (Å²) in [5.74, 6) is 1.26. The number of rotatable bonds is 5. The van der Waals surface area contributed by atoms with E-state index in [9.17, 15) is 4.79 Å². The predicted molar refractivity (Wildman–Crippen MR) is 107 cm³/mol. The molecule has 0 aliphatic carbocycles. The van der Waals surface area contributed by atoms with Gasteiger partial charge in [0.1, 0.15) is 5.75 Å². The zero-order valence-electron chi connectivity index (χ0n) is 14.9. The number of anilines is 1. The van der Waals surface area contributed by atoms with Crippen LogP contribution in [0.2, 0.25) is 0 Å². The molecule has 5 heteroatoms. The number of carbonyl (C=O) groups excluding carboxylic acids is 1. The average Bonchev–Trinajstić information content (AvgIpc) is 3.10. The van der Waals surface area contributed by atoms with Crippen LogP contribution in [-0.2, 0) is 11.2 Å². The minimum Gasteiger partial charge on any atom is -0.497 e. The van der Waals surface area contributed by atoms with Gasteiger partial charge >= 0.3 is 0 Å². The van der Waals surface area contributed by atoms with Gasteiger partial charge in [-0.3, -0.25) is 9.89 Å². The van der Waals surface area contributed by atoms with E-state index in [1.54, 1.807) is 7.11 Å². The van der Waals surface area contributed by atoms with Crippen LogP contribution in [0.1, 0.15) is 5.56 Å². The van der Waals surface area contributed by atoms with Crippen LogP contribution in [0.15, 0.2) is 72.8 Å². The number of aromatic nitrogens is 2. The van der Waals surface area contributed by atoms with Crippen LogP contribution in [0.4, 0.5) is 5.82 Å². The van der Waals surface area contributed by atoms with Gasteiger partial charge in [-0.15, -0.1) is 0 Å². The van der Waals surface area contributed by atoms with Gasteiger partial charge in [0.15, 0.2) is 5.82 Å². The van der Waals surface area contributed by atoms with Crippen molar-refractivity contribution in [2.75, 3.05) is 12.4 Å². The number of carbonyl (C=O) groups is 1. The highest BCUT2D eigenvalue weighted by Gasteiger charge is 2.11. The molecular formula is C22H19N3O2. The second-order valence-corrected chi connectivity index (χ2v) is 6.28. The van der Waals surface area contributed by atoms with Crippen LogP contribution in [0.25, 0.3) is 22.0 Å². The second kappa shape index (κ2) is 7.33. The van der Waals surface area contributed by atoms with Gasteiger partial charge in [-0.2, -0.15) is 5.10 Å². The third-order valence-corrected chi connectivity index (χ3v) is 4.43. The number of fused-ring (bicyclic) bond motifs is 1. The van der Waals surface area contributed by atoms with Crippen molar-refractivity contribution in [3.63, 3.8) is 0 Å². The van der Waals surface area contributed by atoms with Crippen LogP contribution in [0.5, 0.6) is 5.75 Å². The summed E-state index contributed by atoms with van der Waals surface area (Å²) >= 11 is 0. The summed E-state index contributed by atoms with van der Waals surface area (Å²) in [6.07, 6.45) is 0.317. The Morgan fingerprint density at radius 1 is 1.00 bits per heavy atom. The summed E-state index contributed by atoms with van der Waals surface area (Å²) in [6.45, 7) is 0. The first kappa shape index (κ1) is 16.8. The van der Waals surface area contributed by atoms with Crippen molar-refractivity contribution in [3.8, 4) is 16.9 Å². The fourth-order valence-electron chi connectivity index (χ4n) is 3.05. The largest absolute Gasteiger partial charge is 0.497 e. The lowest BCUT2D eigenvalue weighted by atomic mass is 10.0. The lowest BCUT2D eigenvalue weighted by Crippen LogP contribution is -2.14. The molecule has 0 aliphatic heterocycles. The molecular weight excluding hydrogens is 338 g/mol. The highest BCUT2D eigenvalue weighted by atomic mass is 16.5. The van der Waals surface area contributed by atoms with Gasteiger partial charge in [-0.25, -0.2) is 0 Å². The van der Waals surface area contributed by atoms with Crippen molar-refractivity contribution in [3.05, 3.63) is 78.4 Å². The lowest BCUT2D eigenvalue weighted by molar-refractivity contribution is -0.115. The first-order valence-electron chi connectivity index (χ1n) is 8.69. The van der Waals surface area contributed by atoms with Crippen molar-refractivity contribution in [2.45, 2.75) is 6.42 Å². The maximum Gasteiger partial charge on any atom is 0.230 e. The summed E-state index contributed by atoms with van der Waals surface area (Å²) in [4.78, 5) is 12.3. The highest BCUT2D eigenvalue weighted by Crippen LogP contribution is 2.29. The van der Waals surface area contributed by atoms with Crippen molar-refractivity contribution in [1.82, 2.24) is 10.2 Å². The van der Waals surface area contributed by atoms with Gasteiger partial charge in [-0.1, -0.05) is 48.5 Å². The molecule has 5 nitrogen and oxygen atoms in total. The standard InChI is InChI=1S/C22H19N3O2/c1-27-18-9-5-8-16(13-18)17-10-11-19-20(14-17)24-25-22(19)23-21(26)12-15-6-3-2-4-7-15/h2-11,13-14H,12H2,1H3,(H2,23,24,25,26). The van der Waals surface area contributed by atoms with Gasteiger partial charge in [-0.05, 0) is 41.0 Å². The number of aromatic amines is 1. The first-order valence-corrected chi connectivity index (χ1v) is 8.69. The molecule has 0 spiro atoms. The molecule has 4 aromatic rings. The number of methoxy groups -OCH3 is 1. The minimum atomic E-state index is -0.0912. The van der Waals surface area contributed by atoms with E-state index in [0.29, 0.717) is 12.2 Å². The number of benzene rings is 3. The van der Waals surface area contributed by atoms with Crippen LogP contribution < -0.4 is 10.1 Å². The summed E-state index contributed by atoms with van der Waals surface area (Å²) in [7, 11) is 1.65. The number of nitrogens with one attached hydrogen (secondary N) is 2. The van der Waals surface area contributed by atoms with Crippen LogP contribution >= 0.6 is 0 Å². The quantitative estimate of drug-likeness (QED) is 0.556. The smallest absolute Gasteiger partial charge is 0.230 e. The monoisotopic (exact) mass is 357 g/mol. The van der Waals surface area contributed by atoms with Gasteiger partial charge in [0, 0.05) is 5.39 Å². The molecule has 0 unspecified atom stereocenters. The maximum atomic E-state index is 12.3. The Morgan fingerprint density at radius 2 is 1.81 bits per heavy atom. The third kappa shape index (κ3) is 3.67. The Labute approximate surface area is 157 Å². The number of nitrogens with zero attached hydrogens (tertiary/aromatic N) is 1. The number of amides is 1. The van der Waals surface area contributed by atoms with Crippen molar-refractivity contribution < 1.29 is 9.53 Å². The normalized spacial score (nSPS) is 10.7. The molecule has 2 N–H and O–H groups in total. The Hall–Kier alpha value is -3.60. The highest BCUT2D eigenvalue weighted by molar-refractivity contribution is 6.01. The molecule has 0 radical (unpaired) electrons. The van der Waals surface area contributed by atoms with Gasteiger partial charge < -0.3 is 10.1 Å². The minimum absolute atomic E-state index is 0.0912. The zero-order chi connectivity index (χ0) is 18.6. The first-order chi connectivity index (χ1) is 13.2. The fourth-order valence-corrected chi connectivity index (χ4v) is 3.05. The van der Waals surface area contributed by atoms with E-state index in [4.69, 9.17) is 4.74 Å². The van der Waals surface area contributed by atoms with E-state index in [0.717, 1.165) is 33.3 Å². The predicted octanol–water partition coefficient (Wildman–Crippen LogP) is 4.42. The van der Waals surface area contributed by atoms with Gasteiger partial charge in [0.05, 0.1) is 19.0 Å². The molecule has 0 saturated carbocycles. The Morgan fingerprint density at radius 3 is 2.63 bits per heavy atom. The van der Waals surface area contributed by atoms with Crippen LogP contribution in [-0.4, -0.2) is 23.2 Å². The van der Waals surface area contributed by atoms with Gasteiger partial charge in [0.2, 0.25) is 5.91 Å². The lowest BCUT2D eigenvalue weighted by Gasteiger charge is -2.06. The number of ether oxygens (including phenoxy) is 1. The Bertz CT molecular complexity index is 1090. The molecule has 0 saturated heterocycles.